The highest BCUT2D eigenvalue weighted by Crippen LogP contribution is 2.42. The second-order valence-corrected chi connectivity index (χ2v) is 5.65. The number of carbonyl (C=O) groups is 1. The first-order chi connectivity index (χ1) is 8.86. The average Bonchev–Trinajstić information content (AvgIpc) is 2.33. The third kappa shape index (κ3) is 2.38. The Kier molecular flexibility index (Phi) is 3.41. The molecular weight excluding hydrogens is 242 g/mol. The molecule has 1 aliphatic rings. The van der Waals surface area contributed by atoms with Gasteiger partial charge in [-0.3, -0.25) is 4.79 Å². The fourth-order valence-electron chi connectivity index (χ4n) is 2.55. The highest BCUT2D eigenvalue weighted by molar-refractivity contribution is 5.99. The molecule has 1 aromatic carbocycles. The van der Waals surface area contributed by atoms with Gasteiger partial charge in [0.1, 0.15) is 0 Å². The first-order valence-electron chi connectivity index (χ1n) is 6.35. The van der Waals surface area contributed by atoms with Crippen molar-refractivity contribution in [2.45, 2.75) is 32.4 Å². The van der Waals surface area contributed by atoms with Crippen LogP contribution < -0.4 is 16.8 Å². The molecule has 0 bridgehead atoms. The number of benzene rings is 1. The molecule has 0 aromatic heterocycles. The molecule has 5 heteroatoms. The molecule has 1 fully saturated rings. The molecule has 19 heavy (non-hydrogen) atoms. The number of rotatable bonds is 3. The Morgan fingerprint density at radius 1 is 1.42 bits per heavy atom. The number of nitrogen functional groups attached to an aromatic ring is 2. The summed E-state index contributed by atoms with van der Waals surface area (Å²) in [6.45, 7) is 4.17. The Balaban J connectivity index is 2.07. The summed E-state index contributed by atoms with van der Waals surface area (Å²) < 4.78 is 5.37. The zero-order chi connectivity index (χ0) is 14.2. The summed E-state index contributed by atoms with van der Waals surface area (Å²) in [5.74, 6) is -0.162. The van der Waals surface area contributed by atoms with E-state index in [0.29, 0.717) is 16.9 Å². The molecule has 1 aromatic rings. The Bertz CT molecular complexity index is 499. The molecule has 104 valence electrons. The molecular formula is C14H21N3O2. The van der Waals surface area contributed by atoms with Gasteiger partial charge < -0.3 is 21.5 Å². The number of hydrogen-bond acceptors (Lipinski definition) is 4. The third-order valence-electron chi connectivity index (χ3n) is 4.09. The van der Waals surface area contributed by atoms with Gasteiger partial charge in [0.05, 0.1) is 11.7 Å². The second kappa shape index (κ2) is 4.74. The van der Waals surface area contributed by atoms with Crippen LogP contribution in [0.3, 0.4) is 0 Å². The maximum atomic E-state index is 12.2. The first kappa shape index (κ1) is 13.7. The molecule has 2 atom stereocenters. The van der Waals surface area contributed by atoms with E-state index in [1.54, 1.807) is 25.3 Å². The number of anilines is 2. The van der Waals surface area contributed by atoms with Crippen molar-refractivity contribution in [3.63, 3.8) is 0 Å². The third-order valence-corrected chi connectivity index (χ3v) is 4.09. The Morgan fingerprint density at radius 3 is 2.63 bits per heavy atom. The predicted octanol–water partition coefficient (Wildman–Crippen LogP) is 1.39. The number of nitrogens with one attached hydrogen (secondary N) is 1. The normalized spacial score (nSPS) is 24.6. The summed E-state index contributed by atoms with van der Waals surface area (Å²) >= 11 is 0. The molecule has 1 aliphatic carbocycles. The predicted molar refractivity (Wildman–Crippen MR) is 75.7 cm³/mol. The SMILES string of the molecule is COC1CC(NC(=O)c2ccc(N)cc2N)C1(C)C. The van der Waals surface area contributed by atoms with Gasteiger partial charge in [0, 0.05) is 29.9 Å². The van der Waals surface area contributed by atoms with E-state index in [1.165, 1.54) is 0 Å². The number of hydrogen-bond donors (Lipinski definition) is 3. The second-order valence-electron chi connectivity index (χ2n) is 5.65. The van der Waals surface area contributed by atoms with Crippen LogP contribution in [-0.2, 0) is 4.74 Å². The summed E-state index contributed by atoms with van der Waals surface area (Å²) in [6, 6.07) is 5.02. The quantitative estimate of drug-likeness (QED) is 0.719. The van der Waals surface area contributed by atoms with Gasteiger partial charge in [-0.05, 0) is 24.6 Å². The van der Waals surface area contributed by atoms with Crippen LogP contribution in [0.5, 0.6) is 0 Å². The van der Waals surface area contributed by atoms with E-state index < -0.39 is 0 Å². The maximum absolute atomic E-state index is 12.2. The van der Waals surface area contributed by atoms with Crippen LogP contribution in [0.4, 0.5) is 11.4 Å². The van der Waals surface area contributed by atoms with Crippen LogP contribution in [0.25, 0.3) is 0 Å². The van der Waals surface area contributed by atoms with Crippen molar-refractivity contribution in [1.29, 1.82) is 0 Å². The van der Waals surface area contributed by atoms with Crippen LogP contribution in [0.15, 0.2) is 18.2 Å². The summed E-state index contributed by atoms with van der Waals surface area (Å²) in [4.78, 5) is 12.2. The van der Waals surface area contributed by atoms with E-state index >= 15 is 0 Å². The van der Waals surface area contributed by atoms with Crippen molar-refractivity contribution in [3.05, 3.63) is 23.8 Å². The Labute approximate surface area is 113 Å². The highest BCUT2D eigenvalue weighted by atomic mass is 16.5. The number of ether oxygens (including phenoxy) is 1. The maximum Gasteiger partial charge on any atom is 0.253 e. The smallest absolute Gasteiger partial charge is 0.253 e. The standard InChI is InChI=1S/C14H21N3O2/c1-14(2)11(7-12(14)19-3)17-13(18)9-5-4-8(15)6-10(9)16/h4-6,11-12H,7,15-16H2,1-3H3,(H,17,18). The van der Waals surface area contributed by atoms with Gasteiger partial charge >= 0.3 is 0 Å². The van der Waals surface area contributed by atoms with Gasteiger partial charge in [-0.2, -0.15) is 0 Å². The van der Waals surface area contributed by atoms with Gasteiger partial charge in [0.2, 0.25) is 0 Å². The topological polar surface area (TPSA) is 90.4 Å². The number of methoxy groups -OCH3 is 1. The molecule has 5 nitrogen and oxygen atoms in total. The molecule has 0 heterocycles. The molecule has 0 saturated heterocycles. The lowest BCUT2D eigenvalue weighted by Crippen LogP contribution is -2.61. The average molecular weight is 263 g/mol. The van der Waals surface area contributed by atoms with Crippen LogP contribution in [-0.4, -0.2) is 25.2 Å². The van der Waals surface area contributed by atoms with Crippen molar-refractivity contribution in [1.82, 2.24) is 5.32 Å². The number of amides is 1. The van der Waals surface area contributed by atoms with E-state index in [9.17, 15) is 4.79 Å². The van der Waals surface area contributed by atoms with Crippen molar-refractivity contribution in [2.75, 3.05) is 18.6 Å². The van der Waals surface area contributed by atoms with E-state index in [-0.39, 0.29) is 23.5 Å². The van der Waals surface area contributed by atoms with E-state index in [1.807, 2.05) is 0 Å². The fourth-order valence-corrected chi connectivity index (χ4v) is 2.55. The van der Waals surface area contributed by atoms with Gasteiger partial charge in [-0.1, -0.05) is 13.8 Å². The Morgan fingerprint density at radius 2 is 2.11 bits per heavy atom. The van der Waals surface area contributed by atoms with Crippen LogP contribution in [0.1, 0.15) is 30.6 Å². The van der Waals surface area contributed by atoms with E-state index in [4.69, 9.17) is 16.2 Å². The lowest BCUT2D eigenvalue weighted by Gasteiger charge is -2.51. The van der Waals surface area contributed by atoms with Crippen molar-refractivity contribution >= 4 is 17.3 Å². The van der Waals surface area contributed by atoms with Crippen LogP contribution >= 0.6 is 0 Å². The minimum Gasteiger partial charge on any atom is -0.399 e. The van der Waals surface area contributed by atoms with Gasteiger partial charge in [0.25, 0.3) is 5.91 Å². The zero-order valence-electron chi connectivity index (χ0n) is 11.6. The monoisotopic (exact) mass is 263 g/mol. The van der Waals surface area contributed by atoms with Crippen LogP contribution in [0, 0.1) is 5.41 Å². The van der Waals surface area contributed by atoms with Crippen molar-refractivity contribution in [3.8, 4) is 0 Å². The summed E-state index contributed by atoms with van der Waals surface area (Å²) in [7, 11) is 1.70. The van der Waals surface area contributed by atoms with Gasteiger partial charge in [-0.15, -0.1) is 0 Å². The Hall–Kier alpha value is -1.75. The highest BCUT2D eigenvalue weighted by Gasteiger charge is 2.49. The summed E-state index contributed by atoms with van der Waals surface area (Å²) in [5, 5.41) is 3.01. The van der Waals surface area contributed by atoms with Crippen molar-refractivity contribution in [2.24, 2.45) is 5.41 Å². The summed E-state index contributed by atoms with van der Waals surface area (Å²) in [5.41, 5.74) is 12.8. The molecule has 2 rings (SSSR count). The molecule has 1 amide bonds. The lowest BCUT2D eigenvalue weighted by atomic mass is 9.64. The number of carbonyl (C=O) groups excluding carboxylic acids is 1. The van der Waals surface area contributed by atoms with Crippen LogP contribution in [0.2, 0.25) is 0 Å². The fraction of sp³-hybridized carbons (Fsp3) is 0.500. The lowest BCUT2D eigenvalue weighted by molar-refractivity contribution is -0.0942. The molecule has 0 radical (unpaired) electrons. The zero-order valence-corrected chi connectivity index (χ0v) is 11.6. The summed E-state index contributed by atoms with van der Waals surface area (Å²) in [6.07, 6.45) is 1.01. The van der Waals surface area contributed by atoms with Gasteiger partial charge in [-0.25, -0.2) is 0 Å². The molecule has 2 unspecified atom stereocenters. The molecule has 1 saturated carbocycles. The van der Waals surface area contributed by atoms with Gasteiger partial charge in [0.15, 0.2) is 0 Å². The van der Waals surface area contributed by atoms with Crippen molar-refractivity contribution < 1.29 is 9.53 Å². The molecule has 0 aliphatic heterocycles. The molecule has 5 N–H and O–H groups in total. The minimum atomic E-state index is -0.162. The first-order valence-corrected chi connectivity index (χ1v) is 6.35. The molecule has 0 spiro atoms. The minimum absolute atomic E-state index is 0.0625. The number of nitrogens with two attached hydrogens (primary N) is 2. The largest absolute Gasteiger partial charge is 0.399 e. The van der Waals surface area contributed by atoms with E-state index in [2.05, 4.69) is 19.2 Å². The van der Waals surface area contributed by atoms with E-state index in [0.717, 1.165) is 6.42 Å².